The van der Waals surface area contributed by atoms with Gasteiger partial charge in [0, 0.05) is 5.02 Å². The summed E-state index contributed by atoms with van der Waals surface area (Å²) in [6.45, 7) is 0. The highest BCUT2D eigenvalue weighted by Gasteiger charge is 1.89. The van der Waals surface area contributed by atoms with Gasteiger partial charge in [-0.15, -0.1) is 0 Å². The van der Waals surface area contributed by atoms with Crippen molar-refractivity contribution < 1.29 is 0 Å². The van der Waals surface area contributed by atoms with Crippen LogP contribution in [0.5, 0.6) is 0 Å². The van der Waals surface area contributed by atoms with Gasteiger partial charge in [0.1, 0.15) is 0 Å². The number of hydrogen-bond donors (Lipinski definition) is 1. The van der Waals surface area contributed by atoms with Gasteiger partial charge in [-0.2, -0.15) is 5.10 Å². The highest BCUT2D eigenvalue weighted by Crippen LogP contribution is 2.13. The quantitative estimate of drug-likeness (QED) is 0.630. The van der Waals surface area contributed by atoms with Crippen LogP contribution >= 0.6 is 11.6 Å². The van der Waals surface area contributed by atoms with Gasteiger partial charge in [0.25, 0.3) is 0 Å². The van der Waals surface area contributed by atoms with Crippen LogP contribution in [-0.4, -0.2) is 6.21 Å². The van der Waals surface area contributed by atoms with E-state index in [-0.39, 0.29) is 0 Å². The molecule has 3 heteroatoms. The number of nitrogens with one attached hydrogen (secondary N) is 1. The van der Waals surface area contributed by atoms with Crippen LogP contribution in [0.15, 0.2) is 59.7 Å². The Morgan fingerprint density at radius 1 is 0.938 bits per heavy atom. The van der Waals surface area contributed by atoms with Gasteiger partial charge < -0.3 is 0 Å². The van der Waals surface area contributed by atoms with Crippen LogP contribution in [0.25, 0.3) is 0 Å². The molecule has 0 amide bonds. The maximum absolute atomic E-state index is 5.78. The van der Waals surface area contributed by atoms with Crippen molar-refractivity contribution in [3.8, 4) is 0 Å². The lowest BCUT2D eigenvalue weighted by atomic mass is 10.2. The predicted octanol–water partition coefficient (Wildman–Crippen LogP) is 3.79. The Kier molecular flexibility index (Phi) is 3.57. The molecule has 0 bridgehead atoms. The summed E-state index contributed by atoms with van der Waals surface area (Å²) in [5.74, 6) is 0. The second-order valence-corrected chi connectivity index (χ2v) is 3.72. The average molecular weight is 231 g/mol. The molecule has 0 fully saturated rings. The summed E-state index contributed by atoms with van der Waals surface area (Å²) in [6, 6.07) is 17.3. The molecule has 2 rings (SSSR count). The minimum absolute atomic E-state index is 0.720. The Bertz CT molecular complexity index is 463. The number of hydrazone groups is 1. The molecule has 0 saturated carbocycles. The molecule has 0 heterocycles. The number of nitrogens with zero attached hydrogens (tertiary/aromatic N) is 1. The zero-order valence-corrected chi connectivity index (χ0v) is 9.35. The van der Waals surface area contributed by atoms with Gasteiger partial charge in [-0.1, -0.05) is 41.9 Å². The SMILES string of the molecule is Clc1ccc(NN=Cc2ccccc2)cc1. The van der Waals surface area contributed by atoms with E-state index in [1.807, 2.05) is 54.6 Å². The molecule has 0 aliphatic rings. The van der Waals surface area contributed by atoms with E-state index in [1.54, 1.807) is 6.21 Å². The maximum atomic E-state index is 5.78. The van der Waals surface area contributed by atoms with Crippen LogP contribution < -0.4 is 5.43 Å². The fourth-order valence-corrected chi connectivity index (χ4v) is 1.37. The molecule has 0 spiro atoms. The van der Waals surface area contributed by atoms with Gasteiger partial charge >= 0.3 is 0 Å². The van der Waals surface area contributed by atoms with Gasteiger partial charge in [-0.25, -0.2) is 0 Å². The largest absolute Gasteiger partial charge is 0.279 e. The Morgan fingerprint density at radius 2 is 1.62 bits per heavy atom. The van der Waals surface area contributed by atoms with E-state index in [4.69, 9.17) is 11.6 Å². The highest BCUT2D eigenvalue weighted by atomic mass is 35.5. The molecular weight excluding hydrogens is 220 g/mol. The molecule has 0 aliphatic carbocycles. The second-order valence-electron chi connectivity index (χ2n) is 3.29. The first-order chi connectivity index (χ1) is 7.84. The van der Waals surface area contributed by atoms with E-state index in [0.717, 1.165) is 16.3 Å². The summed E-state index contributed by atoms with van der Waals surface area (Å²) in [4.78, 5) is 0. The van der Waals surface area contributed by atoms with E-state index in [2.05, 4.69) is 10.5 Å². The van der Waals surface area contributed by atoms with Crippen molar-refractivity contribution in [1.82, 2.24) is 0 Å². The van der Waals surface area contributed by atoms with Crippen LogP contribution in [0.4, 0.5) is 5.69 Å². The molecule has 16 heavy (non-hydrogen) atoms. The number of halogens is 1. The van der Waals surface area contributed by atoms with E-state index in [0.29, 0.717) is 0 Å². The van der Waals surface area contributed by atoms with Gasteiger partial charge in [-0.05, 0) is 29.8 Å². The monoisotopic (exact) mass is 230 g/mol. The minimum atomic E-state index is 0.720. The van der Waals surface area contributed by atoms with Crippen molar-refractivity contribution in [2.75, 3.05) is 5.43 Å². The third kappa shape index (κ3) is 3.11. The lowest BCUT2D eigenvalue weighted by molar-refractivity contribution is 1.35. The number of hydrogen-bond acceptors (Lipinski definition) is 2. The number of rotatable bonds is 3. The van der Waals surface area contributed by atoms with Crippen molar-refractivity contribution in [2.45, 2.75) is 0 Å². The first-order valence-electron chi connectivity index (χ1n) is 4.94. The normalized spacial score (nSPS) is 10.6. The third-order valence-electron chi connectivity index (χ3n) is 2.05. The molecule has 2 nitrogen and oxygen atoms in total. The van der Waals surface area contributed by atoms with E-state index >= 15 is 0 Å². The lowest BCUT2D eigenvalue weighted by Gasteiger charge is -1.99. The molecule has 1 N–H and O–H groups in total. The molecule has 0 saturated heterocycles. The van der Waals surface area contributed by atoms with Crippen LogP contribution in [0.2, 0.25) is 5.02 Å². The summed E-state index contributed by atoms with van der Waals surface area (Å²) >= 11 is 5.78. The Labute approximate surface area is 99.6 Å². The molecule has 0 atom stereocenters. The summed E-state index contributed by atoms with van der Waals surface area (Å²) in [5, 5.41) is 4.84. The summed E-state index contributed by atoms with van der Waals surface area (Å²) in [5.41, 5.74) is 4.90. The van der Waals surface area contributed by atoms with Crippen LogP contribution in [-0.2, 0) is 0 Å². The minimum Gasteiger partial charge on any atom is -0.279 e. The van der Waals surface area contributed by atoms with Crippen molar-refractivity contribution >= 4 is 23.5 Å². The topological polar surface area (TPSA) is 24.4 Å². The van der Waals surface area contributed by atoms with Gasteiger partial charge in [0.15, 0.2) is 0 Å². The van der Waals surface area contributed by atoms with Crippen LogP contribution in [0, 0.1) is 0 Å². The standard InChI is InChI=1S/C13H11ClN2/c14-12-6-8-13(9-7-12)16-15-10-11-4-2-1-3-5-11/h1-10,16H. The van der Waals surface area contributed by atoms with E-state index in [9.17, 15) is 0 Å². The molecule has 0 radical (unpaired) electrons. The zero-order chi connectivity index (χ0) is 11.2. The second kappa shape index (κ2) is 5.33. The molecule has 2 aromatic carbocycles. The Hall–Kier alpha value is -1.80. The molecule has 0 aromatic heterocycles. The van der Waals surface area contributed by atoms with Crippen LogP contribution in [0.1, 0.15) is 5.56 Å². The number of benzene rings is 2. The smallest absolute Gasteiger partial charge is 0.0562 e. The molecule has 0 unspecified atom stereocenters. The first-order valence-corrected chi connectivity index (χ1v) is 5.32. The highest BCUT2D eigenvalue weighted by molar-refractivity contribution is 6.30. The van der Waals surface area contributed by atoms with Gasteiger partial charge in [-0.3, -0.25) is 5.43 Å². The van der Waals surface area contributed by atoms with Gasteiger partial charge in [0.2, 0.25) is 0 Å². The van der Waals surface area contributed by atoms with Crippen molar-refractivity contribution in [1.29, 1.82) is 0 Å². The zero-order valence-electron chi connectivity index (χ0n) is 8.60. The molecule has 80 valence electrons. The first kappa shape index (κ1) is 10.7. The Morgan fingerprint density at radius 3 is 2.31 bits per heavy atom. The molecule has 2 aromatic rings. The Balaban J connectivity index is 1.97. The summed E-state index contributed by atoms with van der Waals surface area (Å²) in [7, 11) is 0. The predicted molar refractivity (Wildman–Crippen MR) is 69.1 cm³/mol. The molecular formula is C13H11ClN2. The van der Waals surface area contributed by atoms with Crippen molar-refractivity contribution in [2.24, 2.45) is 5.10 Å². The fraction of sp³-hybridized carbons (Fsp3) is 0. The third-order valence-corrected chi connectivity index (χ3v) is 2.30. The van der Waals surface area contributed by atoms with E-state index in [1.165, 1.54) is 0 Å². The summed E-state index contributed by atoms with van der Waals surface area (Å²) < 4.78 is 0. The van der Waals surface area contributed by atoms with E-state index < -0.39 is 0 Å². The van der Waals surface area contributed by atoms with Crippen molar-refractivity contribution in [3.05, 3.63) is 65.2 Å². The lowest BCUT2D eigenvalue weighted by Crippen LogP contribution is -1.89. The maximum Gasteiger partial charge on any atom is 0.0562 e. The number of anilines is 1. The fourth-order valence-electron chi connectivity index (χ4n) is 1.24. The van der Waals surface area contributed by atoms with Crippen LogP contribution in [0.3, 0.4) is 0 Å². The van der Waals surface area contributed by atoms with Crippen molar-refractivity contribution in [3.63, 3.8) is 0 Å². The summed E-state index contributed by atoms with van der Waals surface area (Å²) in [6.07, 6.45) is 1.77. The molecule has 0 aliphatic heterocycles. The van der Waals surface area contributed by atoms with Gasteiger partial charge in [0.05, 0.1) is 11.9 Å². The average Bonchev–Trinajstić information content (AvgIpc) is 2.33.